The Kier molecular flexibility index (Phi) is 4.25. The molecule has 0 spiro atoms. The summed E-state index contributed by atoms with van der Waals surface area (Å²) in [5.41, 5.74) is 6.22. The predicted octanol–water partition coefficient (Wildman–Crippen LogP) is 0.693. The fourth-order valence-corrected chi connectivity index (χ4v) is 0.365. The topological polar surface area (TPSA) is 70.3 Å². The minimum Gasteiger partial charge on any atom is -0.294 e. The van der Waals surface area contributed by atoms with Crippen LogP contribution in [0.5, 0.6) is 0 Å². The third-order valence-corrected chi connectivity index (χ3v) is 0.814. The van der Waals surface area contributed by atoms with Crippen molar-refractivity contribution in [3.63, 3.8) is 0 Å². The third kappa shape index (κ3) is 4.73. The highest BCUT2D eigenvalue weighted by atomic mass is 16.1. The summed E-state index contributed by atoms with van der Waals surface area (Å²) in [6.45, 7) is 3.18. The first-order chi connectivity index (χ1) is 5.20. The molecule has 4 nitrogen and oxygen atoms in total. The van der Waals surface area contributed by atoms with Gasteiger partial charge in [-0.2, -0.15) is 5.53 Å². The molecule has 0 radical (unpaired) electrons. The molecule has 0 aromatic carbocycles. The van der Waals surface area contributed by atoms with Crippen molar-refractivity contribution in [1.29, 1.82) is 5.53 Å². The van der Waals surface area contributed by atoms with Crippen LogP contribution in [-0.4, -0.2) is 11.6 Å². The summed E-state index contributed by atoms with van der Waals surface area (Å²) in [5.74, 6) is 1.06. The number of allylic oxidation sites excluding steroid dienone is 1. The maximum atomic E-state index is 10.6. The van der Waals surface area contributed by atoms with Crippen LogP contribution in [0, 0.1) is 17.5 Å². The number of hydrogen-bond donors (Lipinski definition) is 1. The van der Waals surface area contributed by atoms with Crippen molar-refractivity contribution in [3.05, 3.63) is 12.7 Å². The number of hydrogen-bond acceptors (Lipinski definition) is 4. The van der Waals surface area contributed by atoms with Gasteiger partial charge in [0, 0.05) is 0 Å². The van der Waals surface area contributed by atoms with Gasteiger partial charge in [-0.05, 0) is 12.0 Å². The molecular weight excluding hydrogens is 144 g/mol. The molecule has 0 aliphatic carbocycles. The summed E-state index contributed by atoms with van der Waals surface area (Å²) < 4.78 is 0. The molecule has 56 valence electrons. The summed E-state index contributed by atoms with van der Waals surface area (Å²) in [7, 11) is 0. The van der Waals surface area contributed by atoms with Crippen LogP contribution in [0.4, 0.5) is 0 Å². The SMILES string of the molecule is C=CC(=O)CC(=O)C#CN=N. The van der Waals surface area contributed by atoms with Gasteiger partial charge in [-0.15, -0.1) is 5.11 Å². The number of carbonyl (C=O) groups excluding carboxylic acids is 2. The second kappa shape index (κ2) is 5.06. The van der Waals surface area contributed by atoms with Crippen molar-refractivity contribution in [1.82, 2.24) is 0 Å². The van der Waals surface area contributed by atoms with E-state index in [1.54, 1.807) is 0 Å². The Bertz CT molecular complexity index is 257. The summed E-state index contributed by atoms with van der Waals surface area (Å²) in [4.78, 5) is 21.1. The van der Waals surface area contributed by atoms with Crippen LogP contribution < -0.4 is 0 Å². The van der Waals surface area contributed by atoms with E-state index >= 15 is 0 Å². The summed E-state index contributed by atoms with van der Waals surface area (Å²) >= 11 is 0. The van der Waals surface area contributed by atoms with E-state index in [1.807, 2.05) is 12.0 Å². The molecule has 0 aromatic rings. The molecule has 0 heterocycles. The molecule has 0 saturated heterocycles. The standard InChI is InChI=1S/C7H6N2O2/c1-2-6(10)5-7(11)3-4-9-8/h2,8H,1,5H2. The molecule has 4 heteroatoms. The number of nitrogens with one attached hydrogen (secondary N) is 1. The van der Waals surface area contributed by atoms with E-state index in [2.05, 4.69) is 11.7 Å². The van der Waals surface area contributed by atoms with E-state index < -0.39 is 5.78 Å². The summed E-state index contributed by atoms with van der Waals surface area (Å²) in [6.07, 6.45) is 0.767. The van der Waals surface area contributed by atoms with Crippen molar-refractivity contribution in [2.45, 2.75) is 6.42 Å². The molecule has 0 atom stereocenters. The minimum absolute atomic E-state index is 0.286. The molecule has 1 N–H and O–H groups in total. The number of rotatable bonds is 3. The van der Waals surface area contributed by atoms with Crippen LogP contribution in [-0.2, 0) is 9.59 Å². The van der Waals surface area contributed by atoms with Crippen molar-refractivity contribution in [2.24, 2.45) is 5.11 Å². The zero-order chi connectivity index (χ0) is 8.69. The lowest BCUT2D eigenvalue weighted by molar-refractivity contribution is -0.121. The first-order valence-electron chi connectivity index (χ1n) is 2.76. The third-order valence-electron chi connectivity index (χ3n) is 0.814. The van der Waals surface area contributed by atoms with Gasteiger partial charge in [0.05, 0.1) is 12.5 Å². The van der Waals surface area contributed by atoms with Crippen molar-refractivity contribution >= 4 is 11.6 Å². The summed E-state index contributed by atoms with van der Waals surface area (Å²) in [6, 6.07) is 1.88. The van der Waals surface area contributed by atoms with Gasteiger partial charge in [0.1, 0.15) is 0 Å². The van der Waals surface area contributed by atoms with Gasteiger partial charge >= 0.3 is 0 Å². The lowest BCUT2D eigenvalue weighted by Gasteiger charge is -1.83. The fourth-order valence-electron chi connectivity index (χ4n) is 0.365. The second-order valence-corrected chi connectivity index (χ2v) is 1.62. The van der Waals surface area contributed by atoms with Gasteiger partial charge in [-0.1, -0.05) is 6.58 Å². The zero-order valence-electron chi connectivity index (χ0n) is 5.76. The summed E-state index contributed by atoms with van der Waals surface area (Å²) in [5, 5.41) is 2.64. The van der Waals surface area contributed by atoms with Crippen molar-refractivity contribution in [2.75, 3.05) is 0 Å². The van der Waals surface area contributed by atoms with Gasteiger partial charge in [-0.3, -0.25) is 9.59 Å². The van der Waals surface area contributed by atoms with E-state index in [1.165, 1.54) is 0 Å². The quantitative estimate of drug-likeness (QED) is 0.278. The average molecular weight is 150 g/mol. The first kappa shape index (κ1) is 9.24. The molecule has 0 aliphatic rings. The first-order valence-corrected chi connectivity index (χ1v) is 2.76. The predicted molar refractivity (Wildman–Crippen MR) is 37.8 cm³/mol. The maximum absolute atomic E-state index is 10.6. The molecular formula is C7H6N2O2. The highest BCUT2D eigenvalue weighted by Gasteiger charge is 2.01. The van der Waals surface area contributed by atoms with E-state index in [-0.39, 0.29) is 12.2 Å². The van der Waals surface area contributed by atoms with E-state index in [4.69, 9.17) is 5.53 Å². The van der Waals surface area contributed by atoms with Crippen LogP contribution in [0.1, 0.15) is 6.42 Å². The van der Waals surface area contributed by atoms with Crippen LogP contribution in [0.2, 0.25) is 0 Å². The van der Waals surface area contributed by atoms with Gasteiger partial charge in [0.15, 0.2) is 5.78 Å². The Balaban J connectivity index is 3.97. The lowest BCUT2D eigenvalue weighted by Crippen LogP contribution is -2.01. The molecule has 0 aromatic heterocycles. The zero-order valence-corrected chi connectivity index (χ0v) is 5.76. The molecule has 0 bridgehead atoms. The van der Waals surface area contributed by atoms with Crippen molar-refractivity contribution in [3.8, 4) is 12.0 Å². The second-order valence-electron chi connectivity index (χ2n) is 1.62. The lowest BCUT2D eigenvalue weighted by atomic mass is 10.2. The normalized spacial score (nSPS) is 7.27. The molecule has 11 heavy (non-hydrogen) atoms. The Morgan fingerprint density at radius 1 is 1.64 bits per heavy atom. The monoisotopic (exact) mass is 150 g/mol. The average Bonchev–Trinajstić information content (AvgIpc) is 2.00. The highest BCUT2D eigenvalue weighted by molar-refractivity contribution is 6.10. The largest absolute Gasteiger partial charge is 0.294 e. The van der Waals surface area contributed by atoms with Crippen LogP contribution >= 0.6 is 0 Å². The van der Waals surface area contributed by atoms with E-state index in [0.29, 0.717) is 0 Å². The van der Waals surface area contributed by atoms with Gasteiger partial charge in [0.2, 0.25) is 5.78 Å². The molecule has 0 unspecified atom stereocenters. The number of Topliss-reactive ketones (excluding diaryl/α,β-unsaturated/α-hetero) is 1. The Hall–Kier alpha value is -1.76. The molecule has 0 aliphatic heterocycles. The van der Waals surface area contributed by atoms with Gasteiger partial charge < -0.3 is 0 Å². The molecule has 0 rings (SSSR count). The van der Waals surface area contributed by atoms with Crippen molar-refractivity contribution < 1.29 is 9.59 Å². The fraction of sp³-hybridized carbons (Fsp3) is 0.143. The highest BCUT2D eigenvalue weighted by Crippen LogP contribution is 1.84. The van der Waals surface area contributed by atoms with Gasteiger partial charge in [0.25, 0.3) is 0 Å². The Morgan fingerprint density at radius 3 is 2.73 bits per heavy atom. The Labute approximate surface area is 63.8 Å². The maximum Gasteiger partial charge on any atom is 0.215 e. The minimum atomic E-state index is -0.550. The van der Waals surface area contributed by atoms with Gasteiger partial charge in [-0.25, -0.2) is 0 Å². The molecule has 0 amide bonds. The number of ketones is 2. The Morgan fingerprint density at radius 2 is 2.27 bits per heavy atom. The smallest absolute Gasteiger partial charge is 0.215 e. The van der Waals surface area contributed by atoms with Crippen LogP contribution in [0.15, 0.2) is 17.8 Å². The van der Waals surface area contributed by atoms with Crippen LogP contribution in [0.3, 0.4) is 0 Å². The van der Waals surface area contributed by atoms with E-state index in [9.17, 15) is 9.59 Å². The van der Waals surface area contributed by atoms with Crippen LogP contribution in [0.25, 0.3) is 0 Å². The number of nitrogens with zero attached hydrogens (tertiary/aromatic N) is 1. The molecule has 0 fully saturated rings. The molecule has 0 saturated carbocycles. The number of carbonyl (C=O) groups is 2. The van der Waals surface area contributed by atoms with E-state index in [0.717, 1.165) is 6.08 Å².